The number of carbonyl (C=O) groups is 1. The molecule has 0 aliphatic rings. The van der Waals surface area contributed by atoms with Gasteiger partial charge in [-0.15, -0.1) is 0 Å². The molecule has 0 spiro atoms. The molecule has 0 radical (unpaired) electrons. The summed E-state index contributed by atoms with van der Waals surface area (Å²) < 4.78 is 4.79. The third-order valence-electron chi connectivity index (χ3n) is 3.47. The van der Waals surface area contributed by atoms with E-state index in [1.165, 1.54) is 18.2 Å². The number of hydrogen-bond acceptors (Lipinski definition) is 3. The van der Waals surface area contributed by atoms with Crippen LogP contribution in [0.4, 0.5) is 0 Å². The number of rotatable bonds is 6. The standard InChI is InChI=1S/C18H21NO2/c1-14-8-10-15(11-9-14)13-19-17(12-18(20)21-2)16-6-4-3-5-7-16/h3-11,17,19H,12-13H2,1-2H3. The van der Waals surface area contributed by atoms with Crippen LogP contribution in [0.1, 0.15) is 29.2 Å². The zero-order valence-corrected chi connectivity index (χ0v) is 12.5. The van der Waals surface area contributed by atoms with Crippen LogP contribution in [0, 0.1) is 6.92 Å². The van der Waals surface area contributed by atoms with Gasteiger partial charge in [0, 0.05) is 12.6 Å². The van der Waals surface area contributed by atoms with Gasteiger partial charge in [0.05, 0.1) is 13.5 Å². The van der Waals surface area contributed by atoms with E-state index in [9.17, 15) is 4.79 Å². The molecule has 0 aliphatic carbocycles. The van der Waals surface area contributed by atoms with Crippen molar-refractivity contribution in [3.05, 3.63) is 71.3 Å². The van der Waals surface area contributed by atoms with E-state index in [4.69, 9.17) is 4.74 Å². The molecule has 1 unspecified atom stereocenters. The molecule has 0 saturated carbocycles. The molecule has 0 heterocycles. The molecule has 1 atom stereocenters. The Morgan fingerprint density at radius 3 is 2.38 bits per heavy atom. The maximum absolute atomic E-state index is 11.6. The van der Waals surface area contributed by atoms with Crippen LogP contribution in [-0.4, -0.2) is 13.1 Å². The van der Waals surface area contributed by atoms with Crippen LogP contribution in [-0.2, 0) is 16.1 Å². The Morgan fingerprint density at radius 1 is 1.10 bits per heavy atom. The first kappa shape index (κ1) is 15.3. The molecule has 0 saturated heterocycles. The van der Waals surface area contributed by atoms with E-state index < -0.39 is 0 Å². The highest BCUT2D eigenvalue weighted by molar-refractivity contribution is 5.70. The van der Waals surface area contributed by atoms with E-state index in [2.05, 4.69) is 36.5 Å². The molecular weight excluding hydrogens is 262 g/mol. The largest absolute Gasteiger partial charge is 0.469 e. The topological polar surface area (TPSA) is 38.3 Å². The summed E-state index contributed by atoms with van der Waals surface area (Å²) in [6.45, 7) is 2.79. The molecule has 2 aromatic carbocycles. The smallest absolute Gasteiger partial charge is 0.307 e. The third-order valence-corrected chi connectivity index (χ3v) is 3.47. The fourth-order valence-electron chi connectivity index (χ4n) is 2.19. The van der Waals surface area contributed by atoms with Crippen LogP contribution in [0.25, 0.3) is 0 Å². The Hall–Kier alpha value is -2.13. The SMILES string of the molecule is COC(=O)CC(NCc1ccc(C)cc1)c1ccccc1. The van der Waals surface area contributed by atoms with Gasteiger partial charge in [0.1, 0.15) is 0 Å². The van der Waals surface area contributed by atoms with Crippen LogP contribution in [0.5, 0.6) is 0 Å². The summed E-state index contributed by atoms with van der Waals surface area (Å²) in [5.74, 6) is -0.208. The van der Waals surface area contributed by atoms with Gasteiger partial charge in [-0.3, -0.25) is 4.79 Å². The minimum absolute atomic E-state index is 0.0417. The maximum Gasteiger partial charge on any atom is 0.307 e. The number of methoxy groups -OCH3 is 1. The van der Waals surface area contributed by atoms with Crippen molar-refractivity contribution < 1.29 is 9.53 Å². The Balaban J connectivity index is 2.05. The van der Waals surface area contributed by atoms with Crippen LogP contribution >= 0.6 is 0 Å². The van der Waals surface area contributed by atoms with Crippen molar-refractivity contribution in [2.75, 3.05) is 7.11 Å². The van der Waals surface area contributed by atoms with Crippen molar-refractivity contribution in [3.63, 3.8) is 0 Å². The number of esters is 1. The normalized spacial score (nSPS) is 11.9. The number of aryl methyl sites for hydroxylation is 1. The quantitative estimate of drug-likeness (QED) is 0.826. The van der Waals surface area contributed by atoms with Crippen LogP contribution < -0.4 is 5.32 Å². The lowest BCUT2D eigenvalue weighted by Gasteiger charge is -2.18. The highest BCUT2D eigenvalue weighted by atomic mass is 16.5. The monoisotopic (exact) mass is 283 g/mol. The lowest BCUT2D eigenvalue weighted by Crippen LogP contribution is -2.24. The first-order valence-corrected chi connectivity index (χ1v) is 7.09. The van der Waals surface area contributed by atoms with E-state index >= 15 is 0 Å². The van der Waals surface area contributed by atoms with Gasteiger partial charge in [0.25, 0.3) is 0 Å². The molecule has 21 heavy (non-hydrogen) atoms. The lowest BCUT2D eigenvalue weighted by molar-refractivity contribution is -0.141. The van der Waals surface area contributed by atoms with Crippen molar-refractivity contribution >= 4 is 5.97 Å². The molecule has 3 nitrogen and oxygen atoms in total. The van der Waals surface area contributed by atoms with Gasteiger partial charge in [-0.25, -0.2) is 0 Å². The Morgan fingerprint density at radius 2 is 1.76 bits per heavy atom. The number of carbonyl (C=O) groups excluding carboxylic acids is 1. The summed E-state index contributed by atoms with van der Waals surface area (Å²) in [6.07, 6.45) is 0.326. The number of benzene rings is 2. The fourth-order valence-corrected chi connectivity index (χ4v) is 2.19. The summed E-state index contributed by atoms with van der Waals surface area (Å²) in [6, 6.07) is 18.3. The van der Waals surface area contributed by atoms with Crippen molar-refractivity contribution in [2.24, 2.45) is 0 Å². The van der Waals surface area contributed by atoms with Crippen molar-refractivity contribution in [2.45, 2.75) is 25.9 Å². The average molecular weight is 283 g/mol. The van der Waals surface area contributed by atoms with Gasteiger partial charge in [0.2, 0.25) is 0 Å². The summed E-state index contributed by atoms with van der Waals surface area (Å²) in [5.41, 5.74) is 3.54. The maximum atomic E-state index is 11.6. The minimum Gasteiger partial charge on any atom is -0.469 e. The van der Waals surface area contributed by atoms with Gasteiger partial charge < -0.3 is 10.1 Å². The molecule has 3 heteroatoms. The second kappa shape index (κ2) is 7.60. The third kappa shape index (κ3) is 4.72. The molecule has 0 amide bonds. The molecular formula is C18H21NO2. The number of ether oxygens (including phenoxy) is 1. The van der Waals surface area contributed by atoms with E-state index in [0.29, 0.717) is 6.42 Å². The predicted molar refractivity (Wildman–Crippen MR) is 83.8 cm³/mol. The van der Waals surface area contributed by atoms with Crippen LogP contribution in [0.3, 0.4) is 0 Å². The summed E-state index contributed by atoms with van der Waals surface area (Å²) in [5, 5.41) is 3.44. The van der Waals surface area contributed by atoms with Gasteiger partial charge >= 0.3 is 5.97 Å². The fraction of sp³-hybridized carbons (Fsp3) is 0.278. The average Bonchev–Trinajstić information content (AvgIpc) is 2.53. The van der Waals surface area contributed by atoms with Gasteiger partial charge in [0.15, 0.2) is 0 Å². The lowest BCUT2D eigenvalue weighted by atomic mass is 10.0. The van der Waals surface area contributed by atoms with Crippen LogP contribution in [0.2, 0.25) is 0 Å². The van der Waals surface area contributed by atoms with E-state index in [1.807, 2.05) is 30.3 Å². The van der Waals surface area contributed by atoms with E-state index in [-0.39, 0.29) is 12.0 Å². The molecule has 0 fully saturated rings. The first-order valence-electron chi connectivity index (χ1n) is 7.09. The molecule has 2 rings (SSSR count). The van der Waals surface area contributed by atoms with Crippen molar-refractivity contribution in [3.8, 4) is 0 Å². The number of hydrogen-bond donors (Lipinski definition) is 1. The predicted octanol–water partition coefficient (Wildman–Crippen LogP) is 3.39. The molecule has 1 N–H and O–H groups in total. The van der Waals surface area contributed by atoms with Crippen LogP contribution in [0.15, 0.2) is 54.6 Å². The Labute approximate surface area is 126 Å². The highest BCUT2D eigenvalue weighted by Gasteiger charge is 2.15. The van der Waals surface area contributed by atoms with E-state index in [1.54, 1.807) is 0 Å². The Bertz CT molecular complexity index is 564. The molecule has 110 valence electrons. The summed E-state index contributed by atoms with van der Waals surface area (Å²) >= 11 is 0. The summed E-state index contributed by atoms with van der Waals surface area (Å²) in [7, 11) is 1.42. The summed E-state index contributed by atoms with van der Waals surface area (Å²) in [4.78, 5) is 11.6. The Kier molecular flexibility index (Phi) is 5.52. The zero-order valence-electron chi connectivity index (χ0n) is 12.5. The van der Waals surface area contributed by atoms with Gasteiger partial charge in [-0.1, -0.05) is 60.2 Å². The van der Waals surface area contributed by atoms with Gasteiger partial charge in [-0.2, -0.15) is 0 Å². The second-order valence-corrected chi connectivity index (χ2v) is 5.11. The van der Waals surface area contributed by atoms with Crippen molar-refractivity contribution in [1.29, 1.82) is 0 Å². The zero-order chi connectivity index (χ0) is 15.1. The number of nitrogens with one attached hydrogen (secondary N) is 1. The molecule has 2 aromatic rings. The second-order valence-electron chi connectivity index (χ2n) is 5.11. The van der Waals surface area contributed by atoms with Crippen molar-refractivity contribution in [1.82, 2.24) is 5.32 Å². The van der Waals surface area contributed by atoms with E-state index in [0.717, 1.165) is 12.1 Å². The molecule has 0 bridgehead atoms. The first-order chi connectivity index (χ1) is 10.2. The molecule has 0 aromatic heterocycles. The van der Waals surface area contributed by atoms with Gasteiger partial charge in [-0.05, 0) is 18.1 Å². The molecule has 0 aliphatic heterocycles. The minimum atomic E-state index is -0.208. The highest BCUT2D eigenvalue weighted by Crippen LogP contribution is 2.18.